The van der Waals surface area contributed by atoms with Crippen molar-refractivity contribution in [1.29, 1.82) is 0 Å². The monoisotopic (exact) mass is 301 g/mol. The lowest BCUT2D eigenvalue weighted by molar-refractivity contribution is 0.441. The molecule has 3 rings (SSSR count). The Labute approximate surface area is 131 Å². The summed E-state index contributed by atoms with van der Waals surface area (Å²) in [6, 6.07) is 10.5. The van der Waals surface area contributed by atoms with E-state index in [0.29, 0.717) is 5.25 Å². The summed E-state index contributed by atoms with van der Waals surface area (Å²) in [6.45, 7) is 4.51. The minimum atomic E-state index is 0.420. The highest BCUT2D eigenvalue weighted by Crippen LogP contribution is 2.28. The van der Waals surface area contributed by atoms with Crippen LogP contribution in [0, 0.1) is 0 Å². The molecule has 2 aliphatic heterocycles. The van der Waals surface area contributed by atoms with Crippen LogP contribution in [0.3, 0.4) is 0 Å². The zero-order valence-electron chi connectivity index (χ0n) is 12.7. The molecule has 4 heteroatoms. The van der Waals surface area contributed by atoms with E-state index in [2.05, 4.69) is 46.3 Å². The predicted octanol–water partition coefficient (Wildman–Crippen LogP) is 4.15. The number of hydrogen-bond acceptors (Lipinski definition) is 4. The lowest BCUT2D eigenvalue weighted by atomic mass is 10.1. The van der Waals surface area contributed by atoms with E-state index in [0.717, 1.165) is 30.4 Å². The summed E-state index contributed by atoms with van der Waals surface area (Å²) < 4.78 is 0. The molecule has 1 atom stereocenters. The highest BCUT2D eigenvalue weighted by atomic mass is 32.2. The van der Waals surface area contributed by atoms with Crippen LogP contribution in [0.2, 0.25) is 0 Å². The highest BCUT2D eigenvalue weighted by molar-refractivity contribution is 8.15. The Bertz CT molecular complexity index is 516. The molecule has 1 aromatic rings. The molecule has 0 aliphatic carbocycles. The topological polar surface area (TPSA) is 28.0 Å². The Balaban J connectivity index is 1.82. The molecule has 0 N–H and O–H groups in total. The van der Waals surface area contributed by atoms with Crippen LogP contribution in [0.25, 0.3) is 0 Å². The molecule has 1 aromatic carbocycles. The fraction of sp³-hybridized carbons (Fsp3) is 0.529. The fourth-order valence-electron chi connectivity index (χ4n) is 2.90. The first-order chi connectivity index (χ1) is 10.4. The molecule has 1 saturated heterocycles. The van der Waals surface area contributed by atoms with Crippen molar-refractivity contribution in [1.82, 2.24) is 4.90 Å². The normalized spacial score (nSPS) is 23.3. The van der Waals surface area contributed by atoms with E-state index >= 15 is 0 Å². The molecular weight excluding hydrogens is 278 g/mol. The number of benzene rings is 1. The van der Waals surface area contributed by atoms with Crippen LogP contribution in [-0.4, -0.2) is 34.1 Å². The van der Waals surface area contributed by atoms with E-state index in [4.69, 9.17) is 0 Å². The van der Waals surface area contributed by atoms with Gasteiger partial charge in [-0.15, -0.1) is 5.10 Å². The van der Waals surface area contributed by atoms with Gasteiger partial charge in [0.15, 0.2) is 5.17 Å². The molecule has 0 spiro atoms. The van der Waals surface area contributed by atoms with Crippen molar-refractivity contribution in [3.63, 3.8) is 0 Å². The molecule has 21 heavy (non-hydrogen) atoms. The van der Waals surface area contributed by atoms with Gasteiger partial charge in [-0.05, 0) is 24.8 Å². The molecule has 2 heterocycles. The SMILES string of the molecule is CC[C@H]1SC(N2CCCCCC2)=NN=C1c1ccccc1. The summed E-state index contributed by atoms with van der Waals surface area (Å²) in [7, 11) is 0. The fourth-order valence-corrected chi connectivity index (χ4v) is 4.03. The Morgan fingerprint density at radius 2 is 1.76 bits per heavy atom. The van der Waals surface area contributed by atoms with Crippen LogP contribution in [0.15, 0.2) is 40.5 Å². The van der Waals surface area contributed by atoms with Gasteiger partial charge < -0.3 is 4.90 Å². The zero-order chi connectivity index (χ0) is 14.5. The highest BCUT2D eigenvalue weighted by Gasteiger charge is 2.26. The first kappa shape index (κ1) is 14.6. The number of amidine groups is 1. The Morgan fingerprint density at radius 3 is 2.43 bits per heavy atom. The summed E-state index contributed by atoms with van der Waals surface area (Å²) >= 11 is 1.90. The third-order valence-electron chi connectivity index (χ3n) is 4.11. The van der Waals surface area contributed by atoms with Crippen LogP contribution in [0.1, 0.15) is 44.6 Å². The number of likely N-dealkylation sites (tertiary alicyclic amines) is 1. The summed E-state index contributed by atoms with van der Waals surface area (Å²) in [6.07, 6.45) is 6.36. The van der Waals surface area contributed by atoms with Crippen LogP contribution in [0.4, 0.5) is 0 Å². The van der Waals surface area contributed by atoms with Crippen molar-refractivity contribution in [2.45, 2.75) is 44.3 Å². The van der Waals surface area contributed by atoms with Gasteiger partial charge in [-0.2, -0.15) is 5.10 Å². The predicted molar refractivity (Wildman–Crippen MR) is 92.1 cm³/mol. The van der Waals surface area contributed by atoms with Gasteiger partial charge in [0.05, 0.1) is 11.0 Å². The standard InChI is InChI=1S/C17H23N3S/c1-2-15-16(14-10-6-5-7-11-14)18-19-17(21-15)20-12-8-3-4-9-13-20/h5-7,10-11,15H,2-4,8-9,12-13H2,1H3/t15-/m1/s1. The molecular formula is C17H23N3S. The van der Waals surface area contributed by atoms with Crippen LogP contribution < -0.4 is 0 Å². The van der Waals surface area contributed by atoms with E-state index in [1.54, 1.807) is 0 Å². The Hall–Kier alpha value is -1.29. The molecule has 0 amide bonds. The van der Waals surface area contributed by atoms with E-state index in [9.17, 15) is 0 Å². The molecule has 0 unspecified atom stereocenters. The minimum Gasteiger partial charge on any atom is -0.350 e. The molecule has 0 saturated carbocycles. The number of hydrogen-bond donors (Lipinski definition) is 0. The summed E-state index contributed by atoms with van der Waals surface area (Å²) in [5.74, 6) is 0. The molecule has 3 nitrogen and oxygen atoms in total. The average Bonchev–Trinajstić information content (AvgIpc) is 2.84. The van der Waals surface area contributed by atoms with Crippen molar-refractivity contribution in [2.24, 2.45) is 10.2 Å². The third-order valence-corrected chi connectivity index (χ3v) is 5.50. The molecule has 0 aromatic heterocycles. The smallest absolute Gasteiger partial charge is 0.186 e. The van der Waals surface area contributed by atoms with E-state index in [1.807, 2.05) is 17.8 Å². The van der Waals surface area contributed by atoms with Gasteiger partial charge >= 0.3 is 0 Å². The van der Waals surface area contributed by atoms with Crippen molar-refractivity contribution >= 4 is 22.6 Å². The molecule has 0 bridgehead atoms. The lowest BCUT2D eigenvalue weighted by Gasteiger charge is -2.28. The second kappa shape index (κ2) is 7.12. The van der Waals surface area contributed by atoms with Gasteiger partial charge in [-0.25, -0.2) is 0 Å². The largest absolute Gasteiger partial charge is 0.350 e. The van der Waals surface area contributed by atoms with E-state index in [1.165, 1.54) is 31.2 Å². The van der Waals surface area contributed by atoms with Crippen LogP contribution >= 0.6 is 11.8 Å². The average molecular weight is 301 g/mol. The Kier molecular flexibility index (Phi) is 4.96. The van der Waals surface area contributed by atoms with Crippen LogP contribution in [0.5, 0.6) is 0 Å². The maximum absolute atomic E-state index is 4.58. The maximum atomic E-state index is 4.58. The van der Waals surface area contributed by atoms with Crippen molar-refractivity contribution in [3.05, 3.63) is 35.9 Å². The minimum absolute atomic E-state index is 0.420. The quantitative estimate of drug-likeness (QED) is 0.821. The second-order valence-corrected chi connectivity index (χ2v) is 6.82. The van der Waals surface area contributed by atoms with E-state index < -0.39 is 0 Å². The summed E-state index contributed by atoms with van der Waals surface area (Å²) in [4.78, 5) is 2.44. The molecule has 0 radical (unpaired) electrons. The Morgan fingerprint density at radius 1 is 1.05 bits per heavy atom. The number of thioether (sulfide) groups is 1. The van der Waals surface area contributed by atoms with Crippen molar-refractivity contribution in [3.8, 4) is 0 Å². The van der Waals surface area contributed by atoms with Gasteiger partial charge in [0.1, 0.15) is 0 Å². The van der Waals surface area contributed by atoms with E-state index in [-0.39, 0.29) is 0 Å². The first-order valence-electron chi connectivity index (χ1n) is 8.01. The van der Waals surface area contributed by atoms with Gasteiger partial charge in [-0.1, -0.05) is 61.9 Å². The van der Waals surface area contributed by atoms with Crippen LogP contribution in [-0.2, 0) is 0 Å². The molecule has 112 valence electrons. The third kappa shape index (κ3) is 3.49. The van der Waals surface area contributed by atoms with Gasteiger partial charge in [-0.3, -0.25) is 0 Å². The zero-order valence-corrected chi connectivity index (χ0v) is 13.5. The van der Waals surface area contributed by atoms with Gasteiger partial charge in [0, 0.05) is 13.1 Å². The lowest BCUT2D eigenvalue weighted by Crippen LogP contribution is -2.34. The molecule has 1 fully saturated rings. The van der Waals surface area contributed by atoms with Crippen molar-refractivity contribution < 1.29 is 0 Å². The molecule has 2 aliphatic rings. The first-order valence-corrected chi connectivity index (χ1v) is 8.89. The summed E-state index contributed by atoms with van der Waals surface area (Å²) in [5.41, 5.74) is 2.33. The number of rotatable bonds is 2. The second-order valence-electron chi connectivity index (χ2n) is 5.65. The van der Waals surface area contributed by atoms with Gasteiger partial charge in [0.2, 0.25) is 0 Å². The summed E-state index contributed by atoms with van der Waals surface area (Å²) in [5, 5.41) is 10.7. The van der Waals surface area contributed by atoms with Crippen molar-refractivity contribution in [2.75, 3.05) is 13.1 Å². The number of nitrogens with zero attached hydrogens (tertiary/aromatic N) is 3. The maximum Gasteiger partial charge on any atom is 0.186 e. The van der Waals surface area contributed by atoms with Gasteiger partial charge in [0.25, 0.3) is 0 Å².